The molecule has 0 aliphatic carbocycles. The van der Waals surface area contributed by atoms with Crippen molar-refractivity contribution in [2.75, 3.05) is 26.3 Å². The molecule has 0 spiro atoms. The van der Waals surface area contributed by atoms with Crippen molar-refractivity contribution in [3.63, 3.8) is 0 Å². The van der Waals surface area contributed by atoms with E-state index >= 15 is 0 Å². The summed E-state index contributed by atoms with van der Waals surface area (Å²) in [6.45, 7) is 1.14. The lowest BCUT2D eigenvalue weighted by atomic mass is 10.2. The highest BCUT2D eigenvalue weighted by atomic mass is 16.5. The van der Waals surface area contributed by atoms with E-state index in [2.05, 4.69) is 10.6 Å². The van der Waals surface area contributed by atoms with Gasteiger partial charge in [-0.15, -0.1) is 0 Å². The Labute approximate surface area is 88.0 Å². The number of carbonyl (C=O) groups excluding carboxylic acids is 1. The Morgan fingerprint density at radius 2 is 2.33 bits per heavy atom. The summed E-state index contributed by atoms with van der Waals surface area (Å²) in [5, 5.41) is 14.0. The summed E-state index contributed by atoms with van der Waals surface area (Å²) in [5.41, 5.74) is 0. The first-order valence-corrected chi connectivity index (χ1v) is 5.01. The number of nitrogens with one attached hydrogen (secondary N) is 2. The largest absolute Gasteiger partial charge is 0.480 e. The van der Waals surface area contributed by atoms with Gasteiger partial charge in [0.25, 0.3) is 0 Å². The summed E-state index contributed by atoms with van der Waals surface area (Å²) in [5.74, 6) is -1.04. The predicted molar refractivity (Wildman–Crippen MR) is 52.5 cm³/mol. The number of carboxylic acids is 1. The van der Waals surface area contributed by atoms with Crippen LogP contribution in [-0.2, 0) is 14.3 Å². The summed E-state index contributed by atoms with van der Waals surface area (Å²) < 4.78 is 4.77. The molecule has 1 amide bonds. The van der Waals surface area contributed by atoms with Gasteiger partial charge in [-0.2, -0.15) is 0 Å². The predicted octanol–water partition coefficient (Wildman–Crippen LogP) is -1.04. The summed E-state index contributed by atoms with van der Waals surface area (Å²) in [6.07, 6.45) is 1.88. The van der Waals surface area contributed by atoms with Crippen molar-refractivity contribution < 1.29 is 19.4 Å². The zero-order valence-electron chi connectivity index (χ0n) is 8.49. The van der Waals surface area contributed by atoms with Crippen LogP contribution in [0.4, 0.5) is 0 Å². The molecule has 0 aromatic carbocycles. The summed E-state index contributed by atoms with van der Waals surface area (Å²) in [7, 11) is 0. The molecule has 0 radical (unpaired) electrons. The molecule has 1 saturated heterocycles. The normalized spacial score (nSPS) is 20.1. The highest BCUT2D eigenvalue weighted by molar-refractivity contribution is 5.81. The SMILES string of the molecule is O=C(O)COCCNC(=O)[C@@H]1CCCN1. The van der Waals surface area contributed by atoms with E-state index in [9.17, 15) is 9.59 Å². The van der Waals surface area contributed by atoms with Crippen LogP contribution in [0.5, 0.6) is 0 Å². The molecule has 0 aromatic rings. The maximum absolute atomic E-state index is 11.4. The first-order valence-electron chi connectivity index (χ1n) is 5.01. The van der Waals surface area contributed by atoms with Gasteiger partial charge in [-0.05, 0) is 19.4 Å². The molecule has 6 nitrogen and oxygen atoms in total. The number of rotatable bonds is 6. The zero-order valence-corrected chi connectivity index (χ0v) is 8.49. The van der Waals surface area contributed by atoms with E-state index in [4.69, 9.17) is 9.84 Å². The molecule has 0 aromatic heterocycles. The van der Waals surface area contributed by atoms with Gasteiger partial charge in [0.2, 0.25) is 5.91 Å². The standard InChI is InChI=1S/C9H16N2O4/c12-8(13)6-15-5-4-11-9(14)7-2-1-3-10-7/h7,10H,1-6H2,(H,11,14)(H,12,13)/t7-/m0/s1. The van der Waals surface area contributed by atoms with Gasteiger partial charge in [-0.25, -0.2) is 4.79 Å². The maximum Gasteiger partial charge on any atom is 0.329 e. The second-order valence-electron chi connectivity index (χ2n) is 3.39. The second kappa shape index (κ2) is 6.36. The minimum atomic E-state index is -1.00. The van der Waals surface area contributed by atoms with Crippen LogP contribution in [0, 0.1) is 0 Å². The fraction of sp³-hybridized carbons (Fsp3) is 0.778. The summed E-state index contributed by atoms with van der Waals surface area (Å²) in [6, 6.07) is -0.0931. The maximum atomic E-state index is 11.4. The number of hydrogen-bond donors (Lipinski definition) is 3. The lowest BCUT2D eigenvalue weighted by Gasteiger charge is -2.10. The van der Waals surface area contributed by atoms with Gasteiger partial charge in [0, 0.05) is 6.54 Å². The van der Waals surface area contributed by atoms with Crippen LogP contribution in [0.3, 0.4) is 0 Å². The van der Waals surface area contributed by atoms with E-state index < -0.39 is 5.97 Å². The zero-order chi connectivity index (χ0) is 11.1. The van der Waals surface area contributed by atoms with Crippen LogP contribution in [0.15, 0.2) is 0 Å². The van der Waals surface area contributed by atoms with Crippen LogP contribution in [0.25, 0.3) is 0 Å². The average Bonchev–Trinajstić information content (AvgIpc) is 2.69. The second-order valence-corrected chi connectivity index (χ2v) is 3.39. The highest BCUT2D eigenvalue weighted by Gasteiger charge is 2.20. The van der Waals surface area contributed by atoms with Crippen LogP contribution in [0.1, 0.15) is 12.8 Å². The monoisotopic (exact) mass is 216 g/mol. The number of aliphatic carboxylic acids is 1. The van der Waals surface area contributed by atoms with E-state index in [0.717, 1.165) is 19.4 Å². The molecule has 86 valence electrons. The number of amides is 1. The molecule has 1 heterocycles. The molecular formula is C9H16N2O4. The lowest BCUT2D eigenvalue weighted by Crippen LogP contribution is -2.41. The molecule has 0 unspecified atom stereocenters. The smallest absolute Gasteiger partial charge is 0.329 e. The molecule has 15 heavy (non-hydrogen) atoms. The molecule has 3 N–H and O–H groups in total. The van der Waals surface area contributed by atoms with E-state index in [0.29, 0.717) is 6.54 Å². The minimum Gasteiger partial charge on any atom is -0.480 e. The van der Waals surface area contributed by atoms with Crippen LogP contribution in [-0.4, -0.2) is 49.3 Å². The summed E-state index contributed by atoms with van der Waals surface area (Å²) in [4.78, 5) is 21.5. The molecule has 1 aliphatic rings. The van der Waals surface area contributed by atoms with Gasteiger partial charge >= 0.3 is 5.97 Å². The molecule has 1 atom stereocenters. The molecular weight excluding hydrogens is 200 g/mol. The van der Waals surface area contributed by atoms with Crippen molar-refractivity contribution in [1.82, 2.24) is 10.6 Å². The third-order valence-electron chi connectivity index (χ3n) is 2.15. The molecule has 1 aliphatic heterocycles. The Bertz CT molecular complexity index is 226. The highest BCUT2D eigenvalue weighted by Crippen LogP contribution is 2.03. The van der Waals surface area contributed by atoms with Gasteiger partial charge in [-0.1, -0.05) is 0 Å². The van der Waals surface area contributed by atoms with E-state index in [1.165, 1.54) is 0 Å². The fourth-order valence-corrected chi connectivity index (χ4v) is 1.44. The number of carbonyl (C=O) groups is 2. The third kappa shape index (κ3) is 4.75. The van der Waals surface area contributed by atoms with E-state index in [-0.39, 0.29) is 25.2 Å². The topological polar surface area (TPSA) is 87.7 Å². The van der Waals surface area contributed by atoms with Crippen molar-refractivity contribution in [2.45, 2.75) is 18.9 Å². The van der Waals surface area contributed by atoms with E-state index in [1.807, 2.05) is 0 Å². The van der Waals surface area contributed by atoms with Crippen molar-refractivity contribution in [3.8, 4) is 0 Å². The first kappa shape index (κ1) is 11.9. The lowest BCUT2D eigenvalue weighted by molar-refractivity contribution is -0.142. The summed E-state index contributed by atoms with van der Waals surface area (Å²) >= 11 is 0. The van der Waals surface area contributed by atoms with Gasteiger partial charge < -0.3 is 20.5 Å². The Balaban J connectivity index is 1.99. The Morgan fingerprint density at radius 1 is 1.53 bits per heavy atom. The Morgan fingerprint density at radius 3 is 2.93 bits per heavy atom. The van der Waals surface area contributed by atoms with Gasteiger partial charge in [0.05, 0.1) is 12.6 Å². The van der Waals surface area contributed by atoms with Gasteiger partial charge in [-0.3, -0.25) is 4.79 Å². The van der Waals surface area contributed by atoms with Crippen molar-refractivity contribution >= 4 is 11.9 Å². The van der Waals surface area contributed by atoms with Crippen molar-refractivity contribution in [1.29, 1.82) is 0 Å². The van der Waals surface area contributed by atoms with E-state index in [1.54, 1.807) is 0 Å². The molecule has 1 fully saturated rings. The van der Waals surface area contributed by atoms with Gasteiger partial charge in [0.15, 0.2) is 0 Å². The average molecular weight is 216 g/mol. The third-order valence-corrected chi connectivity index (χ3v) is 2.15. The Hall–Kier alpha value is -1.14. The minimum absolute atomic E-state index is 0.0357. The quantitative estimate of drug-likeness (QED) is 0.493. The molecule has 6 heteroatoms. The van der Waals surface area contributed by atoms with Gasteiger partial charge in [0.1, 0.15) is 6.61 Å². The fourth-order valence-electron chi connectivity index (χ4n) is 1.44. The first-order chi connectivity index (χ1) is 7.20. The molecule has 1 rings (SSSR count). The Kier molecular flexibility index (Phi) is 5.06. The molecule has 0 saturated carbocycles. The van der Waals surface area contributed by atoms with Crippen LogP contribution >= 0.6 is 0 Å². The van der Waals surface area contributed by atoms with Crippen LogP contribution < -0.4 is 10.6 Å². The van der Waals surface area contributed by atoms with Crippen LogP contribution in [0.2, 0.25) is 0 Å². The van der Waals surface area contributed by atoms with Crippen molar-refractivity contribution in [3.05, 3.63) is 0 Å². The number of ether oxygens (including phenoxy) is 1. The van der Waals surface area contributed by atoms with Crippen molar-refractivity contribution in [2.24, 2.45) is 0 Å². The number of hydrogen-bond acceptors (Lipinski definition) is 4. The molecule has 0 bridgehead atoms. The number of carboxylic acid groups (broad SMARTS) is 1.